The van der Waals surface area contributed by atoms with Crippen LogP contribution in [0.25, 0.3) is 10.9 Å². The minimum Gasteiger partial charge on any atom is -0.382 e. The SMILES string of the molecule is CC1CN(c2ncc3cc(NC4CC5(CC(N)C5)C4)ccc3n2)CC(C)O1. The molecule has 1 aromatic heterocycles. The molecule has 0 radical (unpaired) electrons. The second-order valence-corrected chi connectivity index (χ2v) is 9.02. The predicted molar refractivity (Wildman–Crippen MR) is 108 cm³/mol. The summed E-state index contributed by atoms with van der Waals surface area (Å²) in [5.41, 5.74) is 8.67. The van der Waals surface area contributed by atoms with E-state index < -0.39 is 0 Å². The van der Waals surface area contributed by atoms with Gasteiger partial charge in [-0.05, 0) is 63.1 Å². The van der Waals surface area contributed by atoms with Gasteiger partial charge < -0.3 is 20.7 Å². The molecule has 1 aliphatic heterocycles. The number of aromatic nitrogens is 2. The van der Waals surface area contributed by atoms with Gasteiger partial charge in [-0.2, -0.15) is 0 Å². The Morgan fingerprint density at radius 3 is 2.59 bits per heavy atom. The molecule has 2 saturated carbocycles. The summed E-state index contributed by atoms with van der Waals surface area (Å²) in [5.74, 6) is 0.799. The third-order valence-corrected chi connectivity index (χ3v) is 6.39. The average Bonchev–Trinajstić information content (AvgIpc) is 2.57. The lowest BCUT2D eigenvalue weighted by atomic mass is 9.52. The summed E-state index contributed by atoms with van der Waals surface area (Å²) >= 11 is 0. The average molecular weight is 367 g/mol. The number of nitrogens with zero attached hydrogens (tertiary/aromatic N) is 3. The Kier molecular flexibility index (Phi) is 4.02. The summed E-state index contributed by atoms with van der Waals surface area (Å²) in [5, 5.41) is 4.76. The van der Waals surface area contributed by atoms with Crippen LogP contribution in [-0.4, -0.2) is 47.3 Å². The van der Waals surface area contributed by atoms with Crippen LogP contribution in [0.2, 0.25) is 0 Å². The summed E-state index contributed by atoms with van der Waals surface area (Å²) in [6.07, 6.45) is 7.27. The molecule has 2 aromatic rings. The third kappa shape index (κ3) is 3.25. The van der Waals surface area contributed by atoms with Gasteiger partial charge in [-0.15, -0.1) is 0 Å². The second kappa shape index (κ2) is 6.31. The van der Waals surface area contributed by atoms with Crippen LogP contribution in [0.15, 0.2) is 24.4 Å². The van der Waals surface area contributed by atoms with Gasteiger partial charge in [0.15, 0.2) is 0 Å². The monoisotopic (exact) mass is 367 g/mol. The number of nitrogens with one attached hydrogen (secondary N) is 1. The van der Waals surface area contributed by atoms with Crippen molar-refractivity contribution in [3.63, 3.8) is 0 Å². The van der Waals surface area contributed by atoms with Crippen LogP contribution < -0.4 is 16.0 Å². The van der Waals surface area contributed by atoms with Crippen LogP contribution in [0.3, 0.4) is 0 Å². The number of anilines is 2. The lowest BCUT2D eigenvalue weighted by Gasteiger charge is -2.57. The predicted octanol–water partition coefficient (Wildman–Crippen LogP) is 2.93. The van der Waals surface area contributed by atoms with Gasteiger partial charge in [0.25, 0.3) is 0 Å². The highest BCUT2D eigenvalue weighted by molar-refractivity contribution is 5.82. The van der Waals surface area contributed by atoms with E-state index in [4.69, 9.17) is 15.5 Å². The van der Waals surface area contributed by atoms with Crippen molar-refractivity contribution in [1.29, 1.82) is 0 Å². The molecule has 5 rings (SSSR count). The van der Waals surface area contributed by atoms with Gasteiger partial charge in [-0.1, -0.05) is 0 Å². The van der Waals surface area contributed by atoms with Crippen molar-refractivity contribution in [3.8, 4) is 0 Å². The summed E-state index contributed by atoms with van der Waals surface area (Å²) in [7, 11) is 0. The normalized spacial score (nSPS) is 35.7. The first-order valence-electron chi connectivity index (χ1n) is 10.2. The molecule has 6 heteroatoms. The standard InChI is InChI=1S/C21H29N5O/c1-13-11-26(12-14(2)27-13)20-23-10-15-5-17(3-4-19(15)25-20)24-18-8-21(9-18)6-16(22)7-21/h3-5,10,13-14,16,18,24H,6-9,11-12,22H2,1-2H3. The van der Waals surface area contributed by atoms with E-state index in [0.29, 0.717) is 17.5 Å². The number of rotatable bonds is 3. The molecule has 2 atom stereocenters. The number of ether oxygens (including phenoxy) is 1. The quantitative estimate of drug-likeness (QED) is 0.869. The van der Waals surface area contributed by atoms with Gasteiger partial charge in [0, 0.05) is 42.4 Å². The van der Waals surface area contributed by atoms with Crippen molar-refractivity contribution >= 4 is 22.5 Å². The molecule has 1 spiro atoms. The highest BCUT2D eigenvalue weighted by Gasteiger charge is 2.51. The van der Waals surface area contributed by atoms with Crippen molar-refractivity contribution in [2.24, 2.45) is 11.1 Å². The van der Waals surface area contributed by atoms with Gasteiger partial charge >= 0.3 is 0 Å². The largest absolute Gasteiger partial charge is 0.382 e. The van der Waals surface area contributed by atoms with Gasteiger partial charge in [0.2, 0.25) is 5.95 Å². The molecule has 0 amide bonds. The molecule has 27 heavy (non-hydrogen) atoms. The molecule has 0 bridgehead atoms. The smallest absolute Gasteiger partial charge is 0.226 e. The van der Waals surface area contributed by atoms with Crippen LogP contribution >= 0.6 is 0 Å². The van der Waals surface area contributed by atoms with Gasteiger partial charge in [0.1, 0.15) is 0 Å². The van der Waals surface area contributed by atoms with Crippen LogP contribution in [-0.2, 0) is 4.74 Å². The number of morpholine rings is 1. The summed E-state index contributed by atoms with van der Waals surface area (Å²) in [6.45, 7) is 5.87. The Morgan fingerprint density at radius 2 is 1.89 bits per heavy atom. The molecule has 2 aliphatic carbocycles. The first kappa shape index (κ1) is 17.2. The Labute approximate surface area is 160 Å². The maximum absolute atomic E-state index is 5.96. The fourth-order valence-corrected chi connectivity index (χ4v) is 5.32. The lowest BCUT2D eigenvalue weighted by molar-refractivity contribution is -0.00570. The van der Waals surface area contributed by atoms with E-state index >= 15 is 0 Å². The molecule has 6 nitrogen and oxygen atoms in total. The first-order valence-corrected chi connectivity index (χ1v) is 10.2. The Balaban J connectivity index is 1.28. The fraction of sp³-hybridized carbons (Fsp3) is 0.619. The highest BCUT2D eigenvalue weighted by Crippen LogP contribution is 2.55. The molecule has 2 heterocycles. The summed E-state index contributed by atoms with van der Waals surface area (Å²) in [6, 6.07) is 7.42. The molecule has 2 unspecified atom stereocenters. The molecular weight excluding hydrogens is 338 g/mol. The number of nitrogens with two attached hydrogens (primary N) is 1. The van der Waals surface area contributed by atoms with Crippen molar-refractivity contribution in [1.82, 2.24) is 9.97 Å². The maximum Gasteiger partial charge on any atom is 0.226 e. The molecule has 144 valence electrons. The molecule has 3 aliphatic rings. The topological polar surface area (TPSA) is 76.3 Å². The molecule has 1 saturated heterocycles. The molecular formula is C21H29N5O. The minimum atomic E-state index is 0.204. The van der Waals surface area contributed by atoms with E-state index in [2.05, 4.69) is 47.2 Å². The molecule has 1 aromatic carbocycles. The van der Waals surface area contributed by atoms with Crippen molar-refractivity contribution in [2.45, 2.75) is 63.8 Å². The van der Waals surface area contributed by atoms with Crippen LogP contribution in [0.5, 0.6) is 0 Å². The molecule has 3 fully saturated rings. The first-order chi connectivity index (χ1) is 13.0. The van der Waals surface area contributed by atoms with E-state index in [1.165, 1.54) is 25.7 Å². The Hall–Kier alpha value is -1.92. The number of fused-ring (bicyclic) bond motifs is 1. The van der Waals surface area contributed by atoms with Crippen molar-refractivity contribution in [3.05, 3.63) is 24.4 Å². The van der Waals surface area contributed by atoms with Crippen molar-refractivity contribution < 1.29 is 4.74 Å². The Morgan fingerprint density at radius 1 is 1.15 bits per heavy atom. The summed E-state index contributed by atoms with van der Waals surface area (Å²) < 4.78 is 5.81. The lowest BCUT2D eigenvalue weighted by Crippen LogP contribution is -2.57. The summed E-state index contributed by atoms with van der Waals surface area (Å²) in [4.78, 5) is 11.6. The highest BCUT2D eigenvalue weighted by atomic mass is 16.5. The maximum atomic E-state index is 5.96. The van der Waals surface area contributed by atoms with E-state index in [0.717, 1.165) is 35.6 Å². The van der Waals surface area contributed by atoms with Gasteiger partial charge in [-0.3, -0.25) is 0 Å². The van der Waals surface area contributed by atoms with E-state index in [9.17, 15) is 0 Å². The van der Waals surface area contributed by atoms with Crippen LogP contribution in [0.4, 0.5) is 11.6 Å². The second-order valence-electron chi connectivity index (χ2n) is 9.02. The van der Waals surface area contributed by atoms with E-state index in [1.807, 2.05) is 6.20 Å². The van der Waals surface area contributed by atoms with E-state index in [1.54, 1.807) is 0 Å². The van der Waals surface area contributed by atoms with Crippen LogP contribution in [0, 0.1) is 5.41 Å². The van der Waals surface area contributed by atoms with Gasteiger partial charge in [-0.25, -0.2) is 9.97 Å². The number of hydrogen-bond acceptors (Lipinski definition) is 6. The third-order valence-electron chi connectivity index (χ3n) is 6.39. The minimum absolute atomic E-state index is 0.204. The van der Waals surface area contributed by atoms with Crippen LogP contribution in [0.1, 0.15) is 39.5 Å². The zero-order valence-corrected chi connectivity index (χ0v) is 16.2. The fourth-order valence-electron chi connectivity index (χ4n) is 5.32. The zero-order chi connectivity index (χ0) is 18.6. The zero-order valence-electron chi connectivity index (χ0n) is 16.2. The van der Waals surface area contributed by atoms with E-state index in [-0.39, 0.29) is 12.2 Å². The molecule has 3 N–H and O–H groups in total. The number of benzene rings is 1. The Bertz CT molecular complexity index is 832. The van der Waals surface area contributed by atoms with Gasteiger partial charge in [0.05, 0.1) is 17.7 Å². The number of hydrogen-bond donors (Lipinski definition) is 2. The van der Waals surface area contributed by atoms with Crippen molar-refractivity contribution in [2.75, 3.05) is 23.3 Å².